The van der Waals surface area contributed by atoms with E-state index in [1.165, 1.54) is 4.90 Å². The first-order valence-electron chi connectivity index (χ1n) is 9.83. The summed E-state index contributed by atoms with van der Waals surface area (Å²) in [5.74, 6) is -0.519. The van der Waals surface area contributed by atoms with Crippen LogP contribution < -0.4 is 5.32 Å². The predicted molar refractivity (Wildman–Crippen MR) is 117 cm³/mol. The highest BCUT2D eigenvalue weighted by molar-refractivity contribution is 6.03. The van der Waals surface area contributed by atoms with E-state index in [2.05, 4.69) is 5.32 Å². The summed E-state index contributed by atoms with van der Waals surface area (Å²) in [4.78, 5) is 26.7. The van der Waals surface area contributed by atoms with Crippen LogP contribution in [0.5, 0.6) is 0 Å². The van der Waals surface area contributed by atoms with Crippen LogP contribution >= 0.6 is 0 Å². The molecule has 0 saturated carbocycles. The van der Waals surface area contributed by atoms with E-state index in [9.17, 15) is 9.59 Å². The van der Waals surface area contributed by atoms with Gasteiger partial charge in [-0.1, -0.05) is 66.7 Å². The fraction of sp³-hybridized carbons (Fsp3) is 0.250. The van der Waals surface area contributed by atoms with Gasteiger partial charge in [-0.05, 0) is 17.0 Å². The molecular formula is C24H26N2O4. The highest BCUT2D eigenvalue weighted by Gasteiger charge is 2.18. The molecule has 0 saturated heterocycles. The van der Waals surface area contributed by atoms with Gasteiger partial charge in [0.05, 0.1) is 13.2 Å². The summed E-state index contributed by atoms with van der Waals surface area (Å²) >= 11 is 0. The van der Waals surface area contributed by atoms with Crippen LogP contribution in [0.4, 0.5) is 5.69 Å². The third-order valence-electron chi connectivity index (χ3n) is 4.65. The molecule has 30 heavy (non-hydrogen) atoms. The molecule has 3 aromatic carbocycles. The van der Waals surface area contributed by atoms with Crippen molar-refractivity contribution < 1.29 is 19.1 Å². The summed E-state index contributed by atoms with van der Waals surface area (Å²) in [6.45, 7) is 0.826. The molecule has 1 N–H and O–H groups in total. The van der Waals surface area contributed by atoms with Gasteiger partial charge >= 0.3 is 0 Å². The Morgan fingerprint density at radius 2 is 1.67 bits per heavy atom. The first-order valence-corrected chi connectivity index (χ1v) is 9.83. The zero-order chi connectivity index (χ0) is 21.2. The Hall–Kier alpha value is -3.22. The molecule has 0 atom stereocenters. The SMILES string of the molecule is COCCN(CC(=O)Nc1cccc2ccccc12)C(=O)COCc1ccccc1. The second kappa shape index (κ2) is 11.1. The predicted octanol–water partition coefficient (Wildman–Crippen LogP) is 3.47. The Bertz CT molecular complexity index is 970. The normalized spacial score (nSPS) is 10.7. The number of carbonyl (C=O) groups excluding carboxylic acids is 2. The molecule has 0 fully saturated rings. The van der Waals surface area contributed by atoms with Crippen molar-refractivity contribution in [3.63, 3.8) is 0 Å². The second-order valence-electron chi connectivity index (χ2n) is 6.86. The lowest BCUT2D eigenvalue weighted by molar-refractivity contribution is -0.139. The first-order chi connectivity index (χ1) is 14.7. The molecular weight excluding hydrogens is 380 g/mol. The van der Waals surface area contributed by atoms with Crippen LogP contribution in [0.25, 0.3) is 10.8 Å². The van der Waals surface area contributed by atoms with Crippen LogP contribution in [0.1, 0.15) is 5.56 Å². The van der Waals surface area contributed by atoms with E-state index in [4.69, 9.17) is 9.47 Å². The molecule has 0 aliphatic heterocycles. The summed E-state index contributed by atoms with van der Waals surface area (Å²) in [6, 6.07) is 23.2. The zero-order valence-corrected chi connectivity index (χ0v) is 17.0. The zero-order valence-electron chi connectivity index (χ0n) is 17.0. The molecule has 6 nitrogen and oxygen atoms in total. The van der Waals surface area contributed by atoms with Gasteiger partial charge in [-0.25, -0.2) is 0 Å². The molecule has 0 bridgehead atoms. The highest BCUT2D eigenvalue weighted by Crippen LogP contribution is 2.22. The Balaban J connectivity index is 1.58. The maximum atomic E-state index is 12.6. The van der Waals surface area contributed by atoms with E-state index >= 15 is 0 Å². The van der Waals surface area contributed by atoms with Crippen LogP contribution in [-0.4, -0.2) is 50.1 Å². The molecule has 6 heteroatoms. The largest absolute Gasteiger partial charge is 0.383 e. The van der Waals surface area contributed by atoms with Crippen molar-refractivity contribution >= 4 is 28.3 Å². The monoisotopic (exact) mass is 406 g/mol. The van der Waals surface area contributed by atoms with Crippen LogP contribution in [0.15, 0.2) is 72.8 Å². The van der Waals surface area contributed by atoms with Crippen molar-refractivity contribution in [3.05, 3.63) is 78.4 Å². The van der Waals surface area contributed by atoms with Crippen LogP contribution in [0.3, 0.4) is 0 Å². The minimum absolute atomic E-state index is 0.0693. The molecule has 0 aliphatic rings. The van der Waals surface area contributed by atoms with Gasteiger partial charge in [0, 0.05) is 24.7 Å². The van der Waals surface area contributed by atoms with E-state index in [0.29, 0.717) is 19.8 Å². The van der Waals surface area contributed by atoms with Gasteiger partial charge in [0.15, 0.2) is 0 Å². The van der Waals surface area contributed by atoms with E-state index in [-0.39, 0.29) is 25.0 Å². The maximum Gasteiger partial charge on any atom is 0.249 e. The molecule has 156 valence electrons. The van der Waals surface area contributed by atoms with Gasteiger partial charge in [0.25, 0.3) is 0 Å². The maximum absolute atomic E-state index is 12.6. The topological polar surface area (TPSA) is 67.9 Å². The van der Waals surface area contributed by atoms with Gasteiger partial charge in [-0.3, -0.25) is 9.59 Å². The number of ether oxygens (including phenoxy) is 2. The summed E-state index contributed by atoms with van der Waals surface area (Å²) in [7, 11) is 1.56. The van der Waals surface area contributed by atoms with Gasteiger partial charge in [0.2, 0.25) is 11.8 Å². The smallest absolute Gasteiger partial charge is 0.249 e. The molecule has 0 aromatic heterocycles. The molecule has 0 radical (unpaired) electrons. The average Bonchev–Trinajstić information content (AvgIpc) is 2.77. The minimum atomic E-state index is -0.265. The number of carbonyl (C=O) groups is 2. The van der Waals surface area contributed by atoms with Gasteiger partial charge < -0.3 is 19.7 Å². The Morgan fingerprint density at radius 1 is 0.933 bits per heavy atom. The number of benzene rings is 3. The number of nitrogens with zero attached hydrogens (tertiary/aromatic N) is 1. The fourth-order valence-electron chi connectivity index (χ4n) is 3.11. The van der Waals surface area contributed by atoms with Crippen LogP contribution in [0, 0.1) is 0 Å². The molecule has 0 spiro atoms. The van der Waals surface area contributed by atoms with E-state index in [1.54, 1.807) is 7.11 Å². The Kier molecular flexibility index (Phi) is 7.94. The first kappa shape index (κ1) is 21.5. The van der Waals surface area contributed by atoms with Crippen molar-refractivity contribution in [1.29, 1.82) is 0 Å². The number of rotatable bonds is 10. The van der Waals surface area contributed by atoms with Crippen molar-refractivity contribution in [2.24, 2.45) is 0 Å². The van der Waals surface area contributed by atoms with E-state index in [1.807, 2.05) is 72.8 Å². The van der Waals surface area contributed by atoms with Gasteiger partial charge in [-0.15, -0.1) is 0 Å². The number of fused-ring (bicyclic) bond motifs is 1. The van der Waals surface area contributed by atoms with Gasteiger partial charge in [-0.2, -0.15) is 0 Å². The van der Waals surface area contributed by atoms with Crippen molar-refractivity contribution in [2.75, 3.05) is 38.7 Å². The number of hydrogen-bond donors (Lipinski definition) is 1. The van der Waals surface area contributed by atoms with E-state index in [0.717, 1.165) is 22.0 Å². The molecule has 3 aromatic rings. The Morgan fingerprint density at radius 3 is 2.47 bits per heavy atom. The summed E-state index contributed by atoms with van der Waals surface area (Å²) in [5.41, 5.74) is 1.71. The number of anilines is 1. The number of amides is 2. The summed E-state index contributed by atoms with van der Waals surface area (Å²) in [6.07, 6.45) is 0. The van der Waals surface area contributed by atoms with Gasteiger partial charge in [0.1, 0.15) is 13.2 Å². The fourth-order valence-corrected chi connectivity index (χ4v) is 3.11. The van der Waals surface area contributed by atoms with Crippen LogP contribution in [0.2, 0.25) is 0 Å². The number of methoxy groups -OCH3 is 1. The van der Waals surface area contributed by atoms with Crippen molar-refractivity contribution in [1.82, 2.24) is 4.90 Å². The number of hydrogen-bond acceptors (Lipinski definition) is 4. The molecule has 3 rings (SSSR count). The second-order valence-corrected chi connectivity index (χ2v) is 6.86. The number of nitrogens with one attached hydrogen (secondary N) is 1. The highest BCUT2D eigenvalue weighted by atomic mass is 16.5. The molecule has 0 aliphatic carbocycles. The molecule has 0 heterocycles. The lowest BCUT2D eigenvalue weighted by Gasteiger charge is -2.22. The third kappa shape index (κ3) is 6.14. The van der Waals surface area contributed by atoms with E-state index < -0.39 is 0 Å². The quantitative estimate of drug-likeness (QED) is 0.560. The average molecular weight is 406 g/mol. The lowest BCUT2D eigenvalue weighted by atomic mass is 10.1. The molecule has 0 unspecified atom stereocenters. The third-order valence-corrected chi connectivity index (χ3v) is 4.65. The van der Waals surface area contributed by atoms with Crippen molar-refractivity contribution in [2.45, 2.75) is 6.61 Å². The lowest BCUT2D eigenvalue weighted by Crippen LogP contribution is -2.41. The molecule has 2 amide bonds. The standard InChI is InChI=1S/C24H26N2O4/c1-29-15-14-26(24(28)18-30-17-19-8-3-2-4-9-19)16-23(27)25-22-13-7-11-20-10-5-6-12-21(20)22/h2-13H,14-18H2,1H3,(H,25,27). The van der Waals surface area contributed by atoms with Crippen LogP contribution in [-0.2, 0) is 25.7 Å². The summed E-state index contributed by atoms with van der Waals surface area (Å²) in [5, 5.41) is 4.91. The summed E-state index contributed by atoms with van der Waals surface area (Å²) < 4.78 is 10.6. The Labute approximate surface area is 176 Å². The minimum Gasteiger partial charge on any atom is -0.383 e. The van der Waals surface area contributed by atoms with Crippen molar-refractivity contribution in [3.8, 4) is 0 Å².